The molecular weight excluding hydrogens is 276 g/mol. The zero-order valence-electron chi connectivity index (χ0n) is 12.1. The van der Waals surface area contributed by atoms with Gasteiger partial charge in [-0.3, -0.25) is 9.80 Å². The van der Waals surface area contributed by atoms with Gasteiger partial charge in [-0.2, -0.15) is 0 Å². The summed E-state index contributed by atoms with van der Waals surface area (Å²) in [6, 6.07) is 2.02. The van der Waals surface area contributed by atoms with E-state index in [-0.39, 0.29) is 11.8 Å². The van der Waals surface area contributed by atoms with Crippen molar-refractivity contribution in [1.29, 1.82) is 0 Å². The highest BCUT2D eigenvalue weighted by Crippen LogP contribution is 2.17. The van der Waals surface area contributed by atoms with Gasteiger partial charge in [0, 0.05) is 51.4 Å². The van der Waals surface area contributed by atoms with E-state index in [1.165, 1.54) is 6.26 Å². The summed E-state index contributed by atoms with van der Waals surface area (Å²) in [5, 5.41) is 0. The van der Waals surface area contributed by atoms with Crippen LogP contribution in [0.15, 0.2) is 18.5 Å². The molecule has 0 N–H and O–H groups in total. The maximum atomic E-state index is 11.2. The molecule has 7 heteroatoms. The van der Waals surface area contributed by atoms with Gasteiger partial charge in [-0.15, -0.1) is 0 Å². The van der Waals surface area contributed by atoms with Gasteiger partial charge < -0.3 is 0 Å². The number of piperazine rings is 1. The van der Waals surface area contributed by atoms with E-state index in [9.17, 15) is 8.42 Å². The van der Waals surface area contributed by atoms with Crippen LogP contribution in [0.2, 0.25) is 0 Å². The van der Waals surface area contributed by atoms with Crippen molar-refractivity contribution in [3.63, 3.8) is 0 Å². The Bertz CT molecular complexity index is 512. The lowest BCUT2D eigenvalue weighted by atomic mass is 10.2. The molecule has 0 spiro atoms. The summed E-state index contributed by atoms with van der Waals surface area (Å²) in [7, 11) is -2.87. The smallest absolute Gasteiger partial charge is 0.148 e. The fourth-order valence-corrected chi connectivity index (χ4v) is 2.95. The molecule has 1 atom stereocenters. The van der Waals surface area contributed by atoms with Crippen molar-refractivity contribution in [3.05, 3.63) is 24.3 Å². The molecular formula is C13H22N4O2S. The molecule has 1 aliphatic heterocycles. The number of rotatable bonds is 5. The van der Waals surface area contributed by atoms with Gasteiger partial charge >= 0.3 is 0 Å². The van der Waals surface area contributed by atoms with E-state index in [0.717, 1.165) is 32.0 Å². The SMILES string of the molecule is CC(c1ncccn1)N1CCN(CCS(C)(=O)=O)CC1. The largest absolute Gasteiger partial charge is 0.300 e. The first-order chi connectivity index (χ1) is 9.46. The summed E-state index contributed by atoms with van der Waals surface area (Å²) in [6.45, 7) is 6.37. The molecule has 1 aromatic heterocycles. The number of hydrogen-bond acceptors (Lipinski definition) is 6. The van der Waals surface area contributed by atoms with Gasteiger partial charge in [0.15, 0.2) is 0 Å². The summed E-state index contributed by atoms with van der Waals surface area (Å²) in [5.41, 5.74) is 0. The van der Waals surface area contributed by atoms with Crippen LogP contribution in [0.5, 0.6) is 0 Å². The molecule has 1 fully saturated rings. The van der Waals surface area contributed by atoms with Crippen LogP contribution in [0.4, 0.5) is 0 Å². The van der Waals surface area contributed by atoms with Gasteiger partial charge in [0.2, 0.25) is 0 Å². The minimum absolute atomic E-state index is 0.202. The molecule has 1 unspecified atom stereocenters. The monoisotopic (exact) mass is 298 g/mol. The van der Waals surface area contributed by atoms with Crippen LogP contribution in [0.25, 0.3) is 0 Å². The standard InChI is InChI=1S/C13H22N4O2S/c1-12(13-14-4-3-5-15-13)17-8-6-16(7-9-17)10-11-20(2,18)19/h3-5,12H,6-11H2,1-2H3. The van der Waals surface area contributed by atoms with Gasteiger partial charge in [-0.1, -0.05) is 0 Å². The van der Waals surface area contributed by atoms with Crippen LogP contribution in [0, 0.1) is 0 Å². The zero-order chi connectivity index (χ0) is 14.6. The predicted octanol–water partition coefficient (Wildman–Crippen LogP) is 0.200. The van der Waals surface area contributed by atoms with E-state index in [1.54, 1.807) is 12.4 Å². The number of sulfone groups is 1. The van der Waals surface area contributed by atoms with Crippen LogP contribution >= 0.6 is 0 Å². The maximum Gasteiger partial charge on any atom is 0.148 e. The number of nitrogens with zero attached hydrogens (tertiary/aromatic N) is 4. The van der Waals surface area contributed by atoms with E-state index in [1.807, 2.05) is 6.07 Å². The van der Waals surface area contributed by atoms with Crippen molar-refractivity contribution in [1.82, 2.24) is 19.8 Å². The first kappa shape index (κ1) is 15.3. The molecule has 1 aromatic rings. The fourth-order valence-electron chi connectivity index (χ4n) is 2.36. The molecule has 112 valence electrons. The highest BCUT2D eigenvalue weighted by Gasteiger charge is 2.23. The van der Waals surface area contributed by atoms with E-state index < -0.39 is 9.84 Å². The van der Waals surface area contributed by atoms with Crippen molar-refractivity contribution in [2.45, 2.75) is 13.0 Å². The van der Waals surface area contributed by atoms with Gasteiger partial charge in [0.25, 0.3) is 0 Å². The van der Waals surface area contributed by atoms with Crippen LogP contribution < -0.4 is 0 Å². The molecule has 0 aliphatic carbocycles. The molecule has 1 aliphatic rings. The number of hydrogen-bond donors (Lipinski definition) is 0. The summed E-state index contributed by atoms with van der Waals surface area (Å²) in [4.78, 5) is 13.1. The molecule has 2 rings (SSSR count). The first-order valence-electron chi connectivity index (χ1n) is 6.87. The summed E-state index contributed by atoms with van der Waals surface area (Å²) >= 11 is 0. The summed E-state index contributed by atoms with van der Waals surface area (Å²) < 4.78 is 22.4. The van der Waals surface area contributed by atoms with Crippen LogP contribution in [0.3, 0.4) is 0 Å². The molecule has 2 heterocycles. The second kappa shape index (κ2) is 6.60. The second-order valence-corrected chi connectivity index (χ2v) is 7.55. The Balaban J connectivity index is 1.82. The maximum absolute atomic E-state index is 11.2. The third-order valence-corrected chi connectivity index (χ3v) is 4.62. The minimum Gasteiger partial charge on any atom is -0.300 e. The van der Waals surface area contributed by atoms with Gasteiger partial charge in [-0.25, -0.2) is 18.4 Å². The van der Waals surface area contributed by atoms with Crippen LogP contribution in [-0.2, 0) is 9.84 Å². The van der Waals surface area contributed by atoms with Crippen LogP contribution in [-0.4, -0.2) is 72.9 Å². The summed E-state index contributed by atoms with van der Waals surface area (Å²) in [5.74, 6) is 1.08. The van der Waals surface area contributed by atoms with Crippen molar-refractivity contribution in [3.8, 4) is 0 Å². The van der Waals surface area contributed by atoms with E-state index in [0.29, 0.717) is 6.54 Å². The molecule has 0 amide bonds. The zero-order valence-corrected chi connectivity index (χ0v) is 12.9. The van der Waals surface area contributed by atoms with E-state index >= 15 is 0 Å². The Morgan fingerprint density at radius 2 is 1.80 bits per heavy atom. The van der Waals surface area contributed by atoms with Gasteiger partial charge in [-0.05, 0) is 13.0 Å². The fraction of sp³-hybridized carbons (Fsp3) is 0.692. The lowest BCUT2D eigenvalue weighted by Gasteiger charge is -2.37. The average Bonchev–Trinajstić information content (AvgIpc) is 2.45. The molecule has 1 saturated heterocycles. The van der Waals surface area contributed by atoms with Crippen molar-refractivity contribution in [2.75, 3.05) is 44.7 Å². The number of aromatic nitrogens is 2. The topological polar surface area (TPSA) is 66.4 Å². The van der Waals surface area contributed by atoms with Crippen molar-refractivity contribution < 1.29 is 8.42 Å². The third-order valence-electron chi connectivity index (χ3n) is 3.69. The molecule has 0 radical (unpaired) electrons. The highest BCUT2D eigenvalue weighted by atomic mass is 32.2. The van der Waals surface area contributed by atoms with E-state index in [2.05, 4.69) is 26.7 Å². The molecule has 0 saturated carbocycles. The molecule has 0 bridgehead atoms. The second-order valence-electron chi connectivity index (χ2n) is 5.29. The quantitative estimate of drug-likeness (QED) is 0.774. The normalized spacial score (nSPS) is 19.9. The average molecular weight is 298 g/mol. The first-order valence-corrected chi connectivity index (χ1v) is 8.93. The van der Waals surface area contributed by atoms with Gasteiger partial charge in [0.1, 0.15) is 15.7 Å². The Hall–Kier alpha value is -1.05. The predicted molar refractivity (Wildman–Crippen MR) is 78.2 cm³/mol. The lowest BCUT2D eigenvalue weighted by molar-refractivity contribution is 0.103. The van der Waals surface area contributed by atoms with E-state index in [4.69, 9.17) is 0 Å². The van der Waals surface area contributed by atoms with Gasteiger partial charge in [0.05, 0.1) is 11.8 Å². The van der Waals surface area contributed by atoms with Crippen LogP contribution in [0.1, 0.15) is 18.8 Å². The van der Waals surface area contributed by atoms with Crippen molar-refractivity contribution >= 4 is 9.84 Å². The molecule has 20 heavy (non-hydrogen) atoms. The highest BCUT2D eigenvalue weighted by molar-refractivity contribution is 7.90. The molecule has 0 aromatic carbocycles. The summed E-state index contributed by atoms with van der Waals surface area (Å²) in [6.07, 6.45) is 4.82. The Kier molecular flexibility index (Phi) is 5.06. The van der Waals surface area contributed by atoms with Crippen molar-refractivity contribution in [2.24, 2.45) is 0 Å². The lowest BCUT2D eigenvalue weighted by Crippen LogP contribution is -2.48. The Morgan fingerprint density at radius 3 is 2.35 bits per heavy atom. The minimum atomic E-state index is -2.87. The Morgan fingerprint density at radius 1 is 1.20 bits per heavy atom. The third kappa shape index (κ3) is 4.50. The Labute approximate surface area is 120 Å². The molecule has 6 nitrogen and oxygen atoms in total.